The Morgan fingerprint density at radius 1 is 1.25 bits per heavy atom. The summed E-state index contributed by atoms with van der Waals surface area (Å²) in [5.74, 6) is -0.944. The maximum Gasteiger partial charge on any atom is 0.315 e. The second kappa shape index (κ2) is 7.72. The second-order valence-corrected chi connectivity index (χ2v) is 5.40. The van der Waals surface area contributed by atoms with Gasteiger partial charge in [-0.15, -0.1) is 0 Å². The highest BCUT2D eigenvalue weighted by atomic mass is 16.4. The number of nitrogens with one attached hydrogen (secondary N) is 3. The lowest BCUT2D eigenvalue weighted by molar-refractivity contribution is -0.137. The van der Waals surface area contributed by atoms with Crippen LogP contribution in [-0.4, -0.2) is 41.6 Å². The van der Waals surface area contributed by atoms with Crippen LogP contribution in [0.1, 0.15) is 39.5 Å². The molecule has 7 heteroatoms. The summed E-state index contributed by atoms with van der Waals surface area (Å²) >= 11 is 0. The highest BCUT2D eigenvalue weighted by Crippen LogP contribution is 2.18. The van der Waals surface area contributed by atoms with Crippen LogP contribution < -0.4 is 16.0 Å². The molecule has 2 atom stereocenters. The van der Waals surface area contributed by atoms with E-state index in [-0.39, 0.29) is 24.3 Å². The normalized spacial score (nSPS) is 16.9. The van der Waals surface area contributed by atoms with Crippen molar-refractivity contribution in [1.82, 2.24) is 16.0 Å². The Bertz CT molecular complexity index is 369. The molecule has 7 nitrogen and oxygen atoms in total. The molecule has 2 unspecified atom stereocenters. The van der Waals surface area contributed by atoms with Crippen LogP contribution in [0.4, 0.5) is 4.79 Å². The molecule has 0 aromatic rings. The maximum absolute atomic E-state index is 11.6. The zero-order valence-electron chi connectivity index (χ0n) is 11.9. The molecular weight excluding hydrogens is 262 g/mol. The fourth-order valence-corrected chi connectivity index (χ4v) is 1.61. The molecule has 1 saturated carbocycles. The van der Waals surface area contributed by atoms with Crippen LogP contribution in [0.3, 0.4) is 0 Å². The Morgan fingerprint density at radius 2 is 1.90 bits per heavy atom. The summed E-state index contributed by atoms with van der Waals surface area (Å²) in [5.41, 5.74) is 0. The standard InChI is InChI=1S/C13H23N3O4/c1-8(3-6-11(17)18)7-14-13(20)15-9(2)12(19)16-10-4-5-10/h8-10H,3-7H2,1-2H3,(H,16,19)(H,17,18)(H2,14,15,20). The first kappa shape index (κ1) is 16.3. The number of carboxylic acid groups (broad SMARTS) is 1. The maximum atomic E-state index is 11.6. The Hall–Kier alpha value is -1.79. The van der Waals surface area contributed by atoms with Crippen molar-refractivity contribution >= 4 is 17.9 Å². The third kappa shape index (κ3) is 6.96. The predicted octanol–water partition coefficient (Wildman–Crippen LogP) is 0.454. The minimum absolute atomic E-state index is 0.0763. The van der Waals surface area contributed by atoms with Crippen LogP contribution >= 0.6 is 0 Å². The summed E-state index contributed by atoms with van der Waals surface area (Å²) in [5, 5.41) is 16.6. The average molecular weight is 285 g/mol. The summed E-state index contributed by atoms with van der Waals surface area (Å²) < 4.78 is 0. The van der Waals surface area contributed by atoms with Crippen molar-refractivity contribution in [2.75, 3.05) is 6.54 Å². The van der Waals surface area contributed by atoms with E-state index in [1.165, 1.54) is 0 Å². The first-order valence-electron chi connectivity index (χ1n) is 6.95. The van der Waals surface area contributed by atoms with E-state index in [1.807, 2.05) is 6.92 Å². The fourth-order valence-electron chi connectivity index (χ4n) is 1.61. The number of amides is 3. The molecule has 20 heavy (non-hydrogen) atoms. The summed E-state index contributed by atoms with van der Waals surface area (Å²) in [6.07, 6.45) is 2.61. The van der Waals surface area contributed by atoms with E-state index >= 15 is 0 Å². The molecule has 0 bridgehead atoms. The summed E-state index contributed by atoms with van der Waals surface area (Å²) in [7, 11) is 0. The van der Waals surface area contributed by atoms with Crippen LogP contribution in [-0.2, 0) is 9.59 Å². The van der Waals surface area contributed by atoms with Gasteiger partial charge in [0.2, 0.25) is 5.91 Å². The molecule has 0 radical (unpaired) electrons. The average Bonchev–Trinajstić information content (AvgIpc) is 3.17. The van der Waals surface area contributed by atoms with Crippen molar-refractivity contribution in [3.8, 4) is 0 Å². The molecule has 1 rings (SSSR count). The number of carbonyl (C=O) groups excluding carboxylic acids is 2. The Morgan fingerprint density at radius 3 is 2.45 bits per heavy atom. The Balaban J connectivity index is 2.14. The number of aliphatic carboxylic acids is 1. The van der Waals surface area contributed by atoms with Crippen LogP contribution in [0.5, 0.6) is 0 Å². The van der Waals surface area contributed by atoms with Gasteiger partial charge in [0.05, 0.1) is 0 Å². The monoisotopic (exact) mass is 285 g/mol. The van der Waals surface area contributed by atoms with E-state index in [4.69, 9.17) is 5.11 Å². The van der Waals surface area contributed by atoms with E-state index < -0.39 is 18.0 Å². The van der Waals surface area contributed by atoms with Crippen molar-refractivity contribution < 1.29 is 19.5 Å². The van der Waals surface area contributed by atoms with E-state index in [0.29, 0.717) is 13.0 Å². The molecule has 3 amide bonds. The van der Waals surface area contributed by atoms with Gasteiger partial charge < -0.3 is 21.1 Å². The smallest absolute Gasteiger partial charge is 0.315 e. The zero-order valence-corrected chi connectivity index (χ0v) is 11.9. The molecule has 1 aliphatic carbocycles. The van der Waals surface area contributed by atoms with E-state index in [1.54, 1.807) is 6.92 Å². The number of carbonyl (C=O) groups is 3. The summed E-state index contributed by atoms with van der Waals surface area (Å²) in [6, 6.07) is -0.721. The van der Waals surface area contributed by atoms with Crippen molar-refractivity contribution in [3.05, 3.63) is 0 Å². The molecule has 0 aromatic carbocycles. The molecule has 0 saturated heterocycles. The van der Waals surface area contributed by atoms with Gasteiger partial charge in [0.1, 0.15) is 6.04 Å². The fraction of sp³-hybridized carbons (Fsp3) is 0.769. The van der Waals surface area contributed by atoms with Gasteiger partial charge in [0, 0.05) is 19.0 Å². The molecular formula is C13H23N3O4. The third-order valence-corrected chi connectivity index (χ3v) is 3.13. The van der Waals surface area contributed by atoms with Crippen molar-refractivity contribution in [2.24, 2.45) is 5.92 Å². The minimum atomic E-state index is -0.841. The quantitative estimate of drug-likeness (QED) is 0.519. The highest BCUT2D eigenvalue weighted by molar-refractivity contribution is 5.86. The molecule has 1 aliphatic rings. The van der Waals surface area contributed by atoms with Gasteiger partial charge in [-0.2, -0.15) is 0 Å². The van der Waals surface area contributed by atoms with Gasteiger partial charge in [-0.3, -0.25) is 9.59 Å². The zero-order chi connectivity index (χ0) is 15.1. The molecule has 0 aliphatic heterocycles. The SMILES string of the molecule is CC(CCC(=O)O)CNC(=O)NC(C)C(=O)NC1CC1. The predicted molar refractivity (Wildman–Crippen MR) is 73.2 cm³/mol. The van der Waals surface area contributed by atoms with Crippen LogP contribution in [0.15, 0.2) is 0 Å². The lowest BCUT2D eigenvalue weighted by Gasteiger charge is -2.16. The molecule has 0 aromatic heterocycles. The number of carboxylic acids is 1. The molecule has 114 valence electrons. The minimum Gasteiger partial charge on any atom is -0.481 e. The topological polar surface area (TPSA) is 108 Å². The Labute approximate surface area is 118 Å². The van der Waals surface area contributed by atoms with E-state index in [9.17, 15) is 14.4 Å². The first-order chi connectivity index (χ1) is 9.38. The number of hydrogen-bond donors (Lipinski definition) is 4. The van der Waals surface area contributed by atoms with Gasteiger partial charge in [0.25, 0.3) is 0 Å². The Kier molecular flexibility index (Phi) is 6.27. The molecule has 4 N–H and O–H groups in total. The number of urea groups is 1. The van der Waals surface area contributed by atoms with Crippen LogP contribution in [0.25, 0.3) is 0 Å². The highest BCUT2D eigenvalue weighted by Gasteiger charge is 2.26. The van der Waals surface area contributed by atoms with Gasteiger partial charge in [0.15, 0.2) is 0 Å². The van der Waals surface area contributed by atoms with Crippen molar-refractivity contribution in [3.63, 3.8) is 0 Å². The molecule has 0 heterocycles. The lowest BCUT2D eigenvalue weighted by atomic mass is 10.1. The largest absolute Gasteiger partial charge is 0.481 e. The van der Waals surface area contributed by atoms with Gasteiger partial charge >= 0.3 is 12.0 Å². The van der Waals surface area contributed by atoms with Gasteiger partial charge in [-0.1, -0.05) is 6.92 Å². The molecule has 1 fully saturated rings. The lowest BCUT2D eigenvalue weighted by Crippen LogP contribution is -2.49. The van der Waals surface area contributed by atoms with E-state index in [0.717, 1.165) is 12.8 Å². The summed E-state index contributed by atoms with van der Waals surface area (Å²) in [4.78, 5) is 33.6. The molecule has 0 spiro atoms. The first-order valence-corrected chi connectivity index (χ1v) is 6.95. The van der Waals surface area contributed by atoms with Gasteiger partial charge in [-0.25, -0.2) is 4.79 Å². The van der Waals surface area contributed by atoms with Crippen LogP contribution in [0.2, 0.25) is 0 Å². The van der Waals surface area contributed by atoms with Crippen molar-refractivity contribution in [1.29, 1.82) is 0 Å². The van der Waals surface area contributed by atoms with E-state index in [2.05, 4.69) is 16.0 Å². The van der Waals surface area contributed by atoms with Gasteiger partial charge in [-0.05, 0) is 32.1 Å². The van der Waals surface area contributed by atoms with Crippen molar-refractivity contribution in [2.45, 2.75) is 51.6 Å². The number of hydrogen-bond acceptors (Lipinski definition) is 3. The number of rotatable bonds is 8. The van der Waals surface area contributed by atoms with Crippen LogP contribution in [0, 0.1) is 5.92 Å². The third-order valence-electron chi connectivity index (χ3n) is 3.13. The second-order valence-electron chi connectivity index (χ2n) is 5.40. The summed E-state index contributed by atoms with van der Waals surface area (Å²) in [6.45, 7) is 3.88.